The van der Waals surface area contributed by atoms with E-state index in [9.17, 15) is 19.8 Å². The lowest BCUT2D eigenvalue weighted by Gasteiger charge is -2.56. The zero-order valence-electron chi connectivity index (χ0n) is 30.1. The molecule has 4 saturated carbocycles. The molecule has 1 heterocycles. The third-order valence-electron chi connectivity index (χ3n) is 12.0. The van der Waals surface area contributed by atoms with Crippen LogP contribution in [-0.4, -0.2) is 39.6 Å². The molecule has 4 aliphatic carbocycles. The average molecular weight is 733 g/mol. The van der Waals surface area contributed by atoms with E-state index in [2.05, 4.69) is 41.8 Å². The summed E-state index contributed by atoms with van der Waals surface area (Å²) < 4.78 is 13.3. The molecule has 4 unspecified atom stereocenters. The van der Waals surface area contributed by atoms with Crippen molar-refractivity contribution in [3.8, 4) is 11.1 Å². The first kappa shape index (κ1) is 35.9. The van der Waals surface area contributed by atoms with Crippen LogP contribution in [0.5, 0.6) is 0 Å². The van der Waals surface area contributed by atoms with E-state index >= 15 is 0 Å². The van der Waals surface area contributed by atoms with Gasteiger partial charge in [-0.05, 0) is 102 Å². The van der Waals surface area contributed by atoms with Crippen molar-refractivity contribution in [3.63, 3.8) is 0 Å². The minimum Gasteiger partial charge on any atom is -0.478 e. The number of carboxylic acid groups (broad SMARTS) is 1. The van der Waals surface area contributed by atoms with Gasteiger partial charge in [0.1, 0.15) is 0 Å². The maximum absolute atomic E-state index is 13.1. The van der Waals surface area contributed by atoms with Crippen LogP contribution >= 0.6 is 11.8 Å². The number of hydrogen-bond acceptors (Lipinski definition) is 6. The molecule has 0 aromatic heterocycles. The van der Waals surface area contributed by atoms with E-state index in [1.165, 1.54) is 31.0 Å². The Morgan fingerprint density at radius 3 is 2.15 bits per heavy atom. The third-order valence-corrected chi connectivity index (χ3v) is 13.1. The Morgan fingerprint density at radius 1 is 0.792 bits per heavy atom. The fraction of sp³-hybridized carbons (Fsp3) is 0.409. The first-order valence-corrected chi connectivity index (χ1v) is 19.9. The number of ether oxygens (including phenoxy) is 2. The van der Waals surface area contributed by atoms with Crippen molar-refractivity contribution in [1.29, 1.82) is 0 Å². The fourth-order valence-corrected chi connectivity index (χ4v) is 10.9. The van der Waals surface area contributed by atoms with Crippen molar-refractivity contribution in [2.24, 2.45) is 23.7 Å². The summed E-state index contributed by atoms with van der Waals surface area (Å²) in [6, 6.07) is 31.3. The Labute approximate surface area is 315 Å². The van der Waals surface area contributed by atoms with Gasteiger partial charge in [0.25, 0.3) is 0 Å². The van der Waals surface area contributed by atoms with Crippen molar-refractivity contribution >= 4 is 23.8 Å². The van der Waals surface area contributed by atoms with Crippen molar-refractivity contribution in [3.05, 3.63) is 125 Å². The van der Waals surface area contributed by atoms with Crippen molar-refractivity contribution < 1.29 is 29.3 Å². The highest BCUT2D eigenvalue weighted by Crippen LogP contribution is 2.55. The Hall–Kier alpha value is -4.15. The number of aliphatic hydroxyl groups is 1. The second-order valence-electron chi connectivity index (χ2n) is 15.8. The number of amides is 2. The summed E-state index contributed by atoms with van der Waals surface area (Å²) in [7, 11) is 0. The number of aromatic carboxylic acids is 1. The highest BCUT2D eigenvalue weighted by atomic mass is 32.2. The van der Waals surface area contributed by atoms with Gasteiger partial charge in [-0.3, -0.25) is 0 Å². The molecule has 8 nitrogen and oxygen atoms in total. The van der Waals surface area contributed by atoms with Crippen LogP contribution in [0, 0.1) is 23.7 Å². The molecule has 4 atom stereocenters. The molecule has 276 valence electrons. The molecule has 4 aromatic carbocycles. The van der Waals surface area contributed by atoms with Crippen LogP contribution in [-0.2, 0) is 22.6 Å². The van der Waals surface area contributed by atoms with Gasteiger partial charge < -0.3 is 30.3 Å². The standard InChI is InChI=1S/C44H48N2O6S/c1-27-38(26-53-39-8-3-2-7-37(39)41(48)49)51-42(52-40(27)34-11-9-28(25-47)10-12-34)35-15-13-33(14-16-35)36-6-4-5-29(20-36)24-45-43(50)46-44-21-30-17-31(22-44)19-32(18-30)23-44/h2-16,20,27,30-32,38,40,42,47H,17-19,21-26H2,1H3,(H,48,49)(H2,45,46,50). The topological polar surface area (TPSA) is 117 Å². The van der Waals surface area contributed by atoms with Gasteiger partial charge in [-0.2, -0.15) is 0 Å². The molecule has 1 saturated heterocycles. The van der Waals surface area contributed by atoms with Crippen LogP contribution in [0.3, 0.4) is 0 Å². The summed E-state index contributed by atoms with van der Waals surface area (Å²) in [5.41, 5.74) is 6.13. The number of thioether (sulfide) groups is 1. The summed E-state index contributed by atoms with van der Waals surface area (Å²) >= 11 is 1.48. The second-order valence-corrected chi connectivity index (χ2v) is 16.8. The molecule has 4 aromatic rings. The first-order chi connectivity index (χ1) is 25.7. The Bertz CT molecular complexity index is 1900. The molecule has 5 fully saturated rings. The average Bonchev–Trinajstić information content (AvgIpc) is 3.16. The minimum atomic E-state index is -0.950. The normalized spacial score (nSPS) is 28.8. The number of carbonyl (C=O) groups excluding carboxylic acids is 1. The second kappa shape index (κ2) is 15.3. The van der Waals surface area contributed by atoms with E-state index in [-0.39, 0.29) is 41.9 Å². The van der Waals surface area contributed by atoms with Crippen molar-refractivity contribution in [2.75, 3.05) is 5.75 Å². The SMILES string of the molecule is CC1C(CSc2ccccc2C(=O)O)OC(c2ccc(-c3cccc(CNC(=O)NC45CC6CC(CC(C6)C4)C5)c3)cc2)OC1c1ccc(CO)cc1. The molecule has 9 rings (SSSR count). The quantitative estimate of drug-likeness (QED) is 0.114. The van der Waals surface area contributed by atoms with E-state index in [0.29, 0.717) is 17.2 Å². The van der Waals surface area contributed by atoms with Crippen LogP contribution < -0.4 is 10.6 Å². The van der Waals surface area contributed by atoms with Crippen molar-refractivity contribution in [1.82, 2.24) is 10.6 Å². The Balaban J connectivity index is 0.947. The highest BCUT2D eigenvalue weighted by molar-refractivity contribution is 7.99. The molecule has 2 amide bonds. The summed E-state index contributed by atoms with van der Waals surface area (Å²) in [5, 5.41) is 25.9. The number of carboxylic acids is 1. The summed E-state index contributed by atoms with van der Waals surface area (Å²) in [6.07, 6.45) is 6.31. The summed E-state index contributed by atoms with van der Waals surface area (Å²) in [5.74, 6) is 1.92. The first-order valence-electron chi connectivity index (χ1n) is 19.0. The molecule has 5 aliphatic rings. The molecule has 1 aliphatic heterocycles. The van der Waals surface area contributed by atoms with E-state index < -0.39 is 12.3 Å². The molecule has 53 heavy (non-hydrogen) atoms. The predicted octanol–water partition coefficient (Wildman–Crippen LogP) is 8.90. The van der Waals surface area contributed by atoms with Gasteiger partial charge >= 0.3 is 12.0 Å². The van der Waals surface area contributed by atoms with Crippen LogP contribution in [0.25, 0.3) is 11.1 Å². The van der Waals surface area contributed by atoms with Gasteiger partial charge in [0.05, 0.1) is 24.4 Å². The van der Waals surface area contributed by atoms with Crippen LogP contribution in [0.15, 0.2) is 102 Å². The van der Waals surface area contributed by atoms with Gasteiger partial charge in [-0.15, -0.1) is 11.8 Å². The van der Waals surface area contributed by atoms with Gasteiger partial charge in [0, 0.05) is 34.2 Å². The number of hydrogen-bond donors (Lipinski definition) is 4. The van der Waals surface area contributed by atoms with E-state index in [0.717, 1.165) is 70.4 Å². The largest absolute Gasteiger partial charge is 0.478 e. The number of nitrogens with one attached hydrogen (secondary N) is 2. The number of benzene rings is 4. The third kappa shape index (κ3) is 7.90. The zero-order valence-corrected chi connectivity index (χ0v) is 30.9. The maximum atomic E-state index is 13.1. The zero-order chi connectivity index (χ0) is 36.5. The van der Waals surface area contributed by atoms with E-state index in [4.69, 9.17) is 9.47 Å². The highest BCUT2D eigenvalue weighted by Gasteiger charge is 2.51. The summed E-state index contributed by atoms with van der Waals surface area (Å²) in [6.45, 7) is 2.54. The monoisotopic (exact) mass is 732 g/mol. The Morgan fingerprint density at radius 2 is 1.47 bits per heavy atom. The lowest BCUT2D eigenvalue weighted by Crippen LogP contribution is -2.61. The smallest absolute Gasteiger partial charge is 0.336 e. The lowest BCUT2D eigenvalue weighted by atomic mass is 9.53. The van der Waals surface area contributed by atoms with E-state index in [1.807, 2.05) is 60.7 Å². The molecule has 9 heteroatoms. The van der Waals surface area contributed by atoms with Crippen LogP contribution in [0.2, 0.25) is 0 Å². The molecule has 4 N–H and O–H groups in total. The van der Waals surface area contributed by atoms with Gasteiger partial charge in [0.15, 0.2) is 6.29 Å². The minimum absolute atomic E-state index is 0.0125. The van der Waals surface area contributed by atoms with Gasteiger partial charge in [0.2, 0.25) is 0 Å². The number of rotatable bonds is 11. The Kier molecular flexibility index (Phi) is 10.4. The molecule has 0 radical (unpaired) electrons. The van der Waals surface area contributed by atoms with E-state index in [1.54, 1.807) is 12.1 Å². The number of urea groups is 1. The fourth-order valence-electron chi connectivity index (χ4n) is 9.68. The van der Waals surface area contributed by atoms with Gasteiger partial charge in [-0.25, -0.2) is 9.59 Å². The van der Waals surface area contributed by atoms with Gasteiger partial charge in [-0.1, -0.05) is 85.8 Å². The molecular weight excluding hydrogens is 685 g/mol. The van der Waals surface area contributed by atoms with Crippen LogP contribution in [0.4, 0.5) is 4.79 Å². The number of aliphatic hydroxyl groups excluding tert-OH is 1. The van der Waals surface area contributed by atoms with Crippen molar-refractivity contribution in [2.45, 2.75) is 87.5 Å². The maximum Gasteiger partial charge on any atom is 0.336 e. The predicted molar refractivity (Wildman–Crippen MR) is 205 cm³/mol. The summed E-state index contributed by atoms with van der Waals surface area (Å²) in [4.78, 5) is 25.7. The molecular formula is C44H48N2O6S. The molecule has 0 spiro atoms. The van der Waals surface area contributed by atoms with Crippen LogP contribution in [0.1, 0.15) is 90.5 Å². The number of carbonyl (C=O) groups is 2. The lowest BCUT2D eigenvalue weighted by molar-refractivity contribution is -0.268. The molecule has 4 bridgehead atoms.